The van der Waals surface area contributed by atoms with E-state index in [1.54, 1.807) is 4.90 Å². The molecule has 1 unspecified atom stereocenters. The Morgan fingerprint density at radius 3 is 2.94 bits per heavy atom. The van der Waals surface area contributed by atoms with E-state index in [0.717, 1.165) is 0 Å². The zero-order valence-corrected chi connectivity index (χ0v) is 9.76. The smallest absolute Gasteiger partial charge is 0.222 e. The highest BCUT2D eigenvalue weighted by molar-refractivity contribution is 5.78. The molecule has 1 saturated heterocycles. The highest BCUT2D eigenvalue weighted by atomic mass is 16.3. The highest BCUT2D eigenvalue weighted by Crippen LogP contribution is 2.23. The molecule has 0 aromatic rings. The second-order valence-electron chi connectivity index (χ2n) is 5.08. The molecule has 1 fully saturated rings. The van der Waals surface area contributed by atoms with Gasteiger partial charge in [-0.05, 0) is 11.4 Å². The van der Waals surface area contributed by atoms with Gasteiger partial charge in [-0.1, -0.05) is 19.0 Å². The fourth-order valence-electron chi connectivity index (χ4n) is 1.85. The van der Waals surface area contributed by atoms with E-state index in [4.69, 9.17) is 10.6 Å². The summed E-state index contributed by atoms with van der Waals surface area (Å²) in [6, 6.07) is 0. The summed E-state index contributed by atoms with van der Waals surface area (Å²) in [6.45, 7) is 5.44. The van der Waals surface area contributed by atoms with Crippen molar-refractivity contribution < 1.29 is 9.90 Å². The number of nitrogens with zero attached hydrogens (tertiary/aromatic N) is 4. The standard InChI is InChI=1S/C10H18N4O2/c1-10(2,7-15)6-14-5-8(3-9(14)16)4-12-13-11/h8,15H,3-7H2,1-2H3. The van der Waals surface area contributed by atoms with Crippen molar-refractivity contribution in [3.8, 4) is 0 Å². The predicted molar refractivity (Wildman–Crippen MR) is 59.6 cm³/mol. The van der Waals surface area contributed by atoms with Crippen LogP contribution < -0.4 is 0 Å². The van der Waals surface area contributed by atoms with E-state index >= 15 is 0 Å². The van der Waals surface area contributed by atoms with Crippen LogP contribution in [0.1, 0.15) is 20.3 Å². The van der Waals surface area contributed by atoms with Gasteiger partial charge in [-0.2, -0.15) is 0 Å². The molecule has 1 rings (SSSR count). The molecule has 1 heterocycles. The van der Waals surface area contributed by atoms with Gasteiger partial charge in [0.05, 0.1) is 0 Å². The van der Waals surface area contributed by atoms with Crippen LogP contribution in [0, 0.1) is 11.3 Å². The van der Waals surface area contributed by atoms with Crippen molar-refractivity contribution in [2.45, 2.75) is 20.3 Å². The van der Waals surface area contributed by atoms with Gasteiger partial charge in [-0.3, -0.25) is 4.79 Å². The molecule has 1 amide bonds. The van der Waals surface area contributed by atoms with Gasteiger partial charge in [0.15, 0.2) is 0 Å². The Morgan fingerprint density at radius 1 is 1.69 bits per heavy atom. The van der Waals surface area contributed by atoms with Crippen LogP contribution in [0.4, 0.5) is 0 Å². The molecule has 1 aliphatic rings. The summed E-state index contributed by atoms with van der Waals surface area (Å²) in [5.74, 6) is 0.206. The van der Waals surface area contributed by atoms with Crippen LogP contribution in [-0.2, 0) is 4.79 Å². The third kappa shape index (κ3) is 3.40. The fraction of sp³-hybridized carbons (Fsp3) is 0.900. The largest absolute Gasteiger partial charge is 0.396 e. The van der Waals surface area contributed by atoms with Gasteiger partial charge >= 0.3 is 0 Å². The molecule has 6 nitrogen and oxygen atoms in total. The fourth-order valence-corrected chi connectivity index (χ4v) is 1.85. The van der Waals surface area contributed by atoms with Crippen molar-refractivity contribution in [2.75, 3.05) is 26.2 Å². The molecule has 0 radical (unpaired) electrons. The van der Waals surface area contributed by atoms with Crippen LogP contribution in [0.15, 0.2) is 5.11 Å². The van der Waals surface area contributed by atoms with Crippen LogP contribution in [0.2, 0.25) is 0 Å². The number of hydrogen-bond acceptors (Lipinski definition) is 3. The molecule has 1 atom stereocenters. The summed E-state index contributed by atoms with van der Waals surface area (Å²) < 4.78 is 0. The molecule has 0 aromatic heterocycles. The van der Waals surface area contributed by atoms with Crippen LogP contribution in [0.25, 0.3) is 10.4 Å². The first-order valence-corrected chi connectivity index (χ1v) is 5.38. The zero-order chi connectivity index (χ0) is 12.2. The topological polar surface area (TPSA) is 89.3 Å². The predicted octanol–water partition coefficient (Wildman–Crippen LogP) is 1.16. The van der Waals surface area contributed by atoms with Gasteiger partial charge in [0.2, 0.25) is 5.91 Å². The molecular formula is C10H18N4O2. The summed E-state index contributed by atoms with van der Waals surface area (Å²) in [5, 5.41) is 12.6. The van der Waals surface area contributed by atoms with Gasteiger partial charge in [0.1, 0.15) is 0 Å². The van der Waals surface area contributed by atoms with Crippen LogP contribution in [-0.4, -0.2) is 42.2 Å². The first-order valence-electron chi connectivity index (χ1n) is 5.38. The summed E-state index contributed by atoms with van der Waals surface area (Å²) in [6.07, 6.45) is 0.445. The van der Waals surface area contributed by atoms with Crippen LogP contribution in [0.3, 0.4) is 0 Å². The monoisotopic (exact) mass is 226 g/mol. The minimum Gasteiger partial charge on any atom is -0.396 e. The first kappa shape index (κ1) is 12.8. The Bertz CT molecular complexity index is 310. The van der Waals surface area contributed by atoms with E-state index in [9.17, 15) is 4.79 Å². The molecular weight excluding hydrogens is 208 g/mol. The maximum absolute atomic E-state index is 11.7. The number of azide groups is 1. The minimum absolute atomic E-state index is 0.0534. The Morgan fingerprint density at radius 2 is 2.38 bits per heavy atom. The number of aliphatic hydroxyl groups is 1. The Balaban J connectivity index is 2.51. The van der Waals surface area contributed by atoms with E-state index in [0.29, 0.717) is 26.1 Å². The highest BCUT2D eigenvalue weighted by Gasteiger charge is 2.32. The number of aliphatic hydroxyl groups excluding tert-OH is 1. The third-order valence-corrected chi connectivity index (χ3v) is 2.74. The lowest BCUT2D eigenvalue weighted by Gasteiger charge is -2.28. The summed E-state index contributed by atoms with van der Waals surface area (Å²) in [4.78, 5) is 16.1. The Kier molecular flexibility index (Phi) is 4.15. The molecule has 6 heteroatoms. The first-order chi connectivity index (χ1) is 7.48. The Hall–Kier alpha value is -1.26. The van der Waals surface area contributed by atoms with Crippen molar-refractivity contribution in [2.24, 2.45) is 16.4 Å². The van der Waals surface area contributed by atoms with Gasteiger partial charge < -0.3 is 10.0 Å². The number of rotatable bonds is 5. The van der Waals surface area contributed by atoms with Crippen molar-refractivity contribution in [3.05, 3.63) is 10.4 Å². The molecule has 90 valence electrons. The van der Waals surface area contributed by atoms with E-state index in [-0.39, 0.29) is 23.8 Å². The maximum Gasteiger partial charge on any atom is 0.222 e. The maximum atomic E-state index is 11.7. The summed E-state index contributed by atoms with van der Waals surface area (Å²) in [7, 11) is 0. The molecule has 0 bridgehead atoms. The molecule has 0 aliphatic carbocycles. The third-order valence-electron chi connectivity index (χ3n) is 2.74. The lowest BCUT2D eigenvalue weighted by molar-refractivity contribution is -0.129. The number of hydrogen-bond donors (Lipinski definition) is 1. The summed E-state index contributed by atoms with van der Waals surface area (Å²) >= 11 is 0. The van der Waals surface area contributed by atoms with Gasteiger partial charge in [-0.15, -0.1) is 0 Å². The molecule has 1 N–H and O–H groups in total. The van der Waals surface area contributed by atoms with E-state index in [1.807, 2.05) is 13.8 Å². The van der Waals surface area contributed by atoms with Gasteiger partial charge in [0, 0.05) is 43.0 Å². The number of carbonyl (C=O) groups is 1. The molecule has 16 heavy (non-hydrogen) atoms. The number of amides is 1. The lowest BCUT2D eigenvalue weighted by Crippen LogP contribution is -2.37. The van der Waals surface area contributed by atoms with Crippen molar-refractivity contribution >= 4 is 5.91 Å². The van der Waals surface area contributed by atoms with Gasteiger partial charge in [0.25, 0.3) is 0 Å². The molecule has 0 aromatic carbocycles. The second kappa shape index (κ2) is 5.18. The van der Waals surface area contributed by atoms with E-state index < -0.39 is 0 Å². The van der Waals surface area contributed by atoms with Crippen molar-refractivity contribution in [1.29, 1.82) is 0 Å². The molecule has 0 saturated carbocycles. The van der Waals surface area contributed by atoms with Crippen LogP contribution >= 0.6 is 0 Å². The van der Waals surface area contributed by atoms with Crippen LogP contribution in [0.5, 0.6) is 0 Å². The summed E-state index contributed by atoms with van der Waals surface area (Å²) in [5.41, 5.74) is 7.93. The van der Waals surface area contributed by atoms with Gasteiger partial charge in [-0.25, -0.2) is 0 Å². The second-order valence-corrected chi connectivity index (χ2v) is 5.08. The lowest BCUT2D eigenvalue weighted by atomic mass is 9.94. The van der Waals surface area contributed by atoms with E-state index in [2.05, 4.69) is 10.0 Å². The average Bonchev–Trinajstić information content (AvgIpc) is 2.56. The normalized spacial score (nSPS) is 21.1. The molecule has 0 spiro atoms. The Labute approximate surface area is 94.9 Å². The zero-order valence-electron chi connectivity index (χ0n) is 9.76. The SMILES string of the molecule is CC(C)(CO)CN1CC(CN=[N+]=[N-])CC1=O. The minimum atomic E-state index is -0.275. The number of carbonyl (C=O) groups excluding carboxylic acids is 1. The van der Waals surface area contributed by atoms with Crippen molar-refractivity contribution in [3.63, 3.8) is 0 Å². The van der Waals surface area contributed by atoms with Crippen molar-refractivity contribution in [1.82, 2.24) is 4.90 Å². The molecule has 1 aliphatic heterocycles. The van der Waals surface area contributed by atoms with E-state index in [1.165, 1.54) is 0 Å². The number of likely N-dealkylation sites (tertiary alicyclic amines) is 1. The average molecular weight is 226 g/mol. The quantitative estimate of drug-likeness (QED) is 0.433.